The van der Waals surface area contributed by atoms with E-state index in [0.717, 1.165) is 5.56 Å². The Morgan fingerprint density at radius 2 is 1.74 bits per heavy atom. The molecular formula is C16H17NO2. The minimum atomic E-state index is -0.208. The van der Waals surface area contributed by atoms with Crippen LogP contribution in [0.1, 0.15) is 24.8 Å². The molecule has 0 bridgehead atoms. The third-order valence-electron chi connectivity index (χ3n) is 3.09. The van der Waals surface area contributed by atoms with Crippen LogP contribution in [-0.4, -0.2) is 11.0 Å². The van der Waals surface area contributed by atoms with E-state index in [0.29, 0.717) is 12.1 Å². The number of benzene rings is 2. The Balaban J connectivity index is 2.17. The van der Waals surface area contributed by atoms with Crippen molar-refractivity contribution in [3.05, 3.63) is 60.2 Å². The summed E-state index contributed by atoms with van der Waals surface area (Å²) in [5.41, 5.74) is 1.43. The van der Waals surface area contributed by atoms with Crippen LogP contribution in [0.3, 0.4) is 0 Å². The summed E-state index contributed by atoms with van der Waals surface area (Å²) in [6.45, 7) is 1.97. The number of hydrogen-bond acceptors (Lipinski definition) is 2. The molecule has 2 N–H and O–H groups in total. The van der Waals surface area contributed by atoms with Gasteiger partial charge in [-0.05, 0) is 24.1 Å². The Hall–Kier alpha value is -2.29. The molecule has 98 valence electrons. The third kappa shape index (κ3) is 3.13. The van der Waals surface area contributed by atoms with Gasteiger partial charge in [0, 0.05) is 0 Å². The molecule has 3 heteroatoms. The van der Waals surface area contributed by atoms with Crippen LogP contribution in [0, 0.1) is 0 Å². The molecule has 0 fully saturated rings. The topological polar surface area (TPSA) is 49.3 Å². The van der Waals surface area contributed by atoms with Crippen molar-refractivity contribution < 1.29 is 9.90 Å². The van der Waals surface area contributed by atoms with Crippen molar-refractivity contribution in [3.63, 3.8) is 0 Å². The number of phenolic OH excluding ortho intramolecular Hbond substituents is 1. The molecule has 0 saturated heterocycles. The van der Waals surface area contributed by atoms with Crippen LogP contribution in [0.2, 0.25) is 0 Å². The zero-order valence-electron chi connectivity index (χ0n) is 10.8. The van der Waals surface area contributed by atoms with Crippen molar-refractivity contribution >= 4 is 11.6 Å². The molecule has 2 aromatic rings. The van der Waals surface area contributed by atoms with E-state index in [2.05, 4.69) is 5.32 Å². The minimum absolute atomic E-state index is 0.0822. The van der Waals surface area contributed by atoms with E-state index in [-0.39, 0.29) is 17.6 Å². The van der Waals surface area contributed by atoms with Crippen molar-refractivity contribution in [2.24, 2.45) is 0 Å². The first-order chi connectivity index (χ1) is 9.22. The summed E-state index contributed by atoms with van der Waals surface area (Å²) in [5, 5.41) is 12.4. The zero-order valence-corrected chi connectivity index (χ0v) is 10.8. The molecule has 1 atom stereocenters. The minimum Gasteiger partial charge on any atom is -0.506 e. The number of aromatic hydroxyl groups is 1. The van der Waals surface area contributed by atoms with Crippen LogP contribution in [0.5, 0.6) is 5.75 Å². The first-order valence-electron chi connectivity index (χ1n) is 6.36. The number of anilines is 1. The second-order valence-electron chi connectivity index (χ2n) is 4.38. The summed E-state index contributed by atoms with van der Waals surface area (Å²) in [5.74, 6) is -0.227. The van der Waals surface area contributed by atoms with Crippen LogP contribution >= 0.6 is 0 Å². The Labute approximate surface area is 112 Å². The molecule has 0 unspecified atom stereocenters. The van der Waals surface area contributed by atoms with E-state index >= 15 is 0 Å². The summed E-state index contributed by atoms with van der Waals surface area (Å²) < 4.78 is 0. The summed E-state index contributed by atoms with van der Waals surface area (Å²) in [7, 11) is 0. The van der Waals surface area contributed by atoms with E-state index in [1.54, 1.807) is 24.3 Å². The molecule has 2 rings (SSSR count). The van der Waals surface area contributed by atoms with Crippen molar-refractivity contribution in [2.45, 2.75) is 19.3 Å². The second-order valence-corrected chi connectivity index (χ2v) is 4.38. The fourth-order valence-corrected chi connectivity index (χ4v) is 2.06. The van der Waals surface area contributed by atoms with Gasteiger partial charge in [0.05, 0.1) is 11.6 Å². The fourth-order valence-electron chi connectivity index (χ4n) is 2.06. The highest BCUT2D eigenvalue weighted by Crippen LogP contribution is 2.25. The quantitative estimate of drug-likeness (QED) is 0.821. The standard InChI is InChI=1S/C16H17NO2/c1-2-13(12-8-4-3-5-9-12)16(19)17-14-10-6-7-11-15(14)18/h3-11,13,18H,2H2,1H3,(H,17,19)/t13-/m1/s1. The van der Waals surface area contributed by atoms with Crippen molar-refractivity contribution in [1.29, 1.82) is 0 Å². The second kappa shape index (κ2) is 6.05. The van der Waals surface area contributed by atoms with Gasteiger partial charge in [-0.1, -0.05) is 49.4 Å². The van der Waals surface area contributed by atoms with Gasteiger partial charge in [0.15, 0.2) is 0 Å². The normalized spacial score (nSPS) is 11.8. The lowest BCUT2D eigenvalue weighted by atomic mass is 9.95. The van der Waals surface area contributed by atoms with Crippen LogP contribution in [0.4, 0.5) is 5.69 Å². The molecule has 0 aromatic heterocycles. The van der Waals surface area contributed by atoms with Crippen LogP contribution in [-0.2, 0) is 4.79 Å². The zero-order chi connectivity index (χ0) is 13.7. The smallest absolute Gasteiger partial charge is 0.232 e. The number of para-hydroxylation sites is 2. The van der Waals surface area contributed by atoms with Gasteiger partial charge in [0.1, 0.15) is 5.75 Å². The number of carbonyl (C=O) groups excluding carboxylic acids is 1. The van der Waals surface area contributed by atoms with Gasteiger partial charge in [0.25, 0.3) is 0 Å². The van der Waals surface area contributed by atoms with Crippen LogP contribution in [0.25, 0.3) is 0 Å². The van der Waals surface area contributed by atoms with Gasteiger partial charge in [-0.3, -0.25) is 4.79 Å². The maximum atomic E-state index is 12.3. The molecule has 2 aromatic carbocycles. The molecule has 0 aliphatic heterocycles. The summed E-state index contributed by atoms with van der Waals surface area (Å²) in [6.07, 6.45) is 0.712. The van der Waals surface area contributed by atoms with Crippen molar-refractivity contribution in [3.8, 4) is 5.75 Å². The van der Waals surface area contributed by atoms with Gasteiger partial charge >= 0.3 is 0 Å². The predicted octanol–water partition coefficient (Wildman–Crippen LogP) is 3.52. The molecule has 19 heavy (non-hydrogen) atoms. The van der Waals surface area contributed by atoms with E-state index in [1.165, 1.54) is 0 Å². The van der Waals surface area contributed by atoms with E-state index in [1.807, 2.05) is 37.3 Å². The van der Waals surface area contributed by atoms with Crippen molar-refractivity contribution in [1.82, 2.24) is 0 Å². The van der Waals surface area contributed by atoms with Crippen LogP contribution < -0.4 is 5.32 Å². The molecule has 0 spiro atoms. The predicted molar refractivity (Wildman–Crippen MR) is 76.2 cm³/mol. The SMILES string of the molecule is CC[C@@H](C(=O)Nc1ccccc1O)c1ccccc1. The number of hydrogen-bond donors (Lipinski definition) is 2. The molecule has 0 aliphatic rings. The lowest BCUT2D eigenvalue weighted by Gasteiger charge is -2.15. The average Bonchev–Trinajstić information content (AvgIpc) is 2.43. The monoisotopic (exact) mass is 255 g/mol. The third-order valence-corrected chi connectivity index (χ3v) is 3.09. The molecule has 3 nitrogen and oxygen atoms in total. The Kier molecular flexibility index (Phi) is 4.18. The fraction of sp³-hybridized carbons (Fsp3) is 0.188. The molecule has 0 aliphatic carbocycles. The highest BCUT2D eigenvalue weighted by Gasteiger charge is 2.19. The number of rotatable bonds is 4. The number of phenols is 1. The number of nitrogens with one attached hydrogen (secondary N) is 1. The Bertz CT molecular complexity index is 552. The van der Waals surface area contributed by atoms with Gasteiger partial charge < -0.3 is 10.4 Å². The molecular weight excluding hydrogens is 238 g/mol. The summed E-state index contributed by atoms with van der Waals surface area (Å²) in [6, 6.07) is 16.4. The van der Waals surface area contributed by atoms with E-state index < -0.39 is 0 Å². The number of carbonyl (C=O) groups is 1. The molecule has 0 radical (unpaired) electrons. The molecule has 0 heterocycles. The Morgan fingerprint density at radius 3 is 2.37 bits per heavy atom. The maximum absolute atomic E-state index is 12.3. The maximum Gasteiger partial charge on any atom is 0.232 e. The van der Waals surface area contributed by atoms with Crippen molar-refractivity contribution in [2.75, 3.05) is 5.32 Å². The highest BCUT2D eigenvalue weighted by atomic mass is 16.3. The average molecular weight is 255 g/mol. The van der Waals surface area contributed by atoms with Gasteiger partial charge in [-0.25, -0.2) is 0 Å². The van der Waals surface area contributed by atoms with E-state index in [4.69, 9.17) is 0 Å². The summed E-state index contributed by atoms with van der Waals surface area (Å²) in [4.78, 5) is 12.3. The first-order valence-corrected chi connectivity index (χ1v) is 6.36. The summed E-state index contributed by atoms with van der Waals surface area (Å²) >= 11 is 0. The largest absolute Gasteiger partial charge is 0.506 e. The Morgan fingerprint density at radius 1 is 1.11 bits per heavy atom. The van der Waals surface area contributed by atoms with Crippen LogP contribution in [0.15, 0.2) is 54.6 Å². The molecule has 0 saturated carbocycles. The van der Waals surface area contributed by atoms with Gasteiger partial charge in [-0.2, -0.15) is 0 Å². The number of amides is 1. The lowest BCUT2D eigenvalue weighted by molar-refractivity contribution is -0.117. The van der Waals surface area contributed by atoms with Gasteiger partial charge in [-0.15, -0.1) is 0 Å². The first kappa shape index (κ1) is 13.1. The highest BCUT2D eigenvalue weighted by molar-refractivity contribution is 5.96. The van der Waals surface area contributed by atoms with E-state index in [9.17, 15) is 9.90 Å². The molecule has 1 amide bonds. The van der Waals surface area contributed by atoms with Gasteiger partial charge in [0.2, 0.25) is 5.91 Å². The lowest BCUT2D eigenvalue weighted by Crippen LogP contribution is -2.20.